The number of rotatable bonds is 6. The number of hydrogen-bond acceptors (Lipinski definition) is 3. The summed E-state index contributed by atoms with van der Waals surface area (Å²) < 4.78 is 6.47. The van der Waals surface area contributed by atoms with Crippen LogP contribution >= 0.6 is 11.8 Å². The highest BCUT2D eigenvalue weighted by Gasteiger charge is 2.25. The highest BCUT2D eigenvalue weighted by atomic mass is 32.2. The minimum atomic E-state index is 0.442. The molecule has 3 aromatic carbocycles. The Morgan fingerprint density at radius 2 is 1.30 bits per heavy atom. The number of benzene rings is 3. The number of para-hydroxylation sites is 2. The Hall–Kier alpha value is -2.65. The van der Waals surface area contributed by atoms with E-state index >= 15 is 0 Å². The largest absolute Gasteiger partial charge is 0.448 e. The third-order valence-electron chi connectivity index (χ3n) is 5.57. The van der Waals surface area contributed by atoms with Gasteiger partial charge in [-0.3, -0.25) is 0 Å². The van der Waals surface area contributed by atoms with Crippen LogP contribution in [0.3, 0.4) is 0 Å². The third kappa shape index (κ3) is 6.68. The van der Waals surface area contributed by atoms with Crippen LogP contribution in [-0.2, 0) is 0 Å². The molecule has 2 nitrogen and oxygen atoms in total. The van der Waals surface area contributed by atoms with Gasteiger partial charge in [0.05, 0.1) is 5.70 Å². The highest BCUT2D eigenvalue weighted by Crippen LogP contribution is 2.44. The Morgan fingerprint density at radius 3 is 1.94 bits per heavy atom. The number of ether oxygens (including phenoxy) is 1. The van der Waals surface area contributed by atoms with E-state index in [1.54, 1.807) is 0 Å². The van der Waals surface area contributed by atoms with Crippen molar-refractivity contribution >= 4 is 23.1 Å². The maximum absolute atomic E-state index is 6.47. The van der Waals surface area contributed by atoms with Crippen molar-refractivity contribution in [3.8, 4) is 16.9 Å². The Balaban J connectivity index is 0.000000914. The normalized spacial score (nSPS) is 14.5. The Kier molecular flexibility index (Phi) is 11.1. The van der Waals surface area contributed by atoms with Crippen molar-refractivity contribution < 1.29 is 4.74 Å². The van der Waals surface area contributed by atoms with Crippen molar-refractivity contribution in [1.29, 1.82) is 0 Å². The minimum Gasteiger partial charge on any atom is -0.448 e. The van der Waals surface area contributed by atoms with Crippen LogP contribution in [0.15, 0.2) is 84.0 Å². The maximum atomic E-state index is 6.47. The van der Waals surface area contributed by atoms with Gasteiger partial charge in [-0.1, -0.05) is 127 Å². The first-order chi connectivity index (χ1) is 16.2. The van der Waals surface area contributed by atoms with Crippen LogP contribution in [0.5, 0.6) is 5.75 Å². The van der Waals surface area contributed by atoms with Crippen molar-refractivity contribution in [2.24, 2.45) is 5.92 Å². The lowest BCUT2D eigenvalue weighted by atomic mass is 9.93. The molecule has 3 aromatic rings. The van der Waals surface area contributed by atoms with E-state index in [4.69, 9.17) is 4.74 Å². The fourth-order valence-corrected chi connectivity index (χ4v) is 4.66. The number of nitrogens with one attached hydrogen (secondary N) is 1. The summed E-state index contributed by atoms with van der Waals surface area (Å²) in [6, 6.07) is 27.1. The van der Waals surface area contributed by atoms with E-state index < -0.39 is 0 Å². The van der Waals surface area contributed by atoms with Crippen LogP contribution in [-0.4, -0.2) is 5.25 Å². The molecular weight excluding hydrogens is 422 g/mol. The first-order valence-electron chi connectivity index (χ1n) is 12.3. The smallest absolute Gasteiger partial charge is 0.185 e. The van der Waals surface area contributed by atoms with E-state index in [9.17, 15) is 0 Å². The summed E-state index contributed by atoms with van der Waals surface area (Å²) in [6.07, 6.45) is 1.15. The maximum Gasteiger partial charge on any atom is 0.185 e. The lowest BCUT2D eigenvalue weighted by Crippen LogP contribution is -2.15. The molecule has 0 fully saturated rings. The van der Waals surface area contributed by atoms with Gasteiger partial charge >= 0.3 is 0 Å². The zero-order chi connectivity index (χ0) is 24.2. The summed E-state index contributed by atoms with van der Waals surface area (Å²) >= 11 is 1.81. The fourth-order valence-electron chi connectivity index (χ4n) is 3.47. The molecule has 0 amide bonds. The van der Waals surface area contributed by atoms with Crippen molar-refractivity contribution in [3.05, 3.63) is 89.5 Å². The predicted molar refractivity (Wildman–Crippen MR) is 149 cm³/mol. The van der Waals surface area contributed by atoms with E-state index in [1.165, 1.54) is 16.7 Å². The van der Waals surface area contributed by atoms with Crippen LogP contribution < -0.4 is 10.1 Å². The van der Waals surface area contributed by atoms with Crippen molar-refractivity contribution in [1.82, 2.24) is 0 Å². The van der Waals surface area contributed by atoms with Gasteiger partial charge in [0.15, 0.2) is 5.09 Å². The van der Waals surface area contributed by atoms with Gasteiger partial charge in [0.25, 0.3) is 0 Å². The molecule has 0 spiro atoms. The topological polar surface area (TPSA) is 21.3 Å². The van der Waals surface area contributed by atoms with Gasteiger partial charge in [-0.15, -0.1) is 0 Å². The number of thioether (sulfide) groups is 1. The first kappa shape index (κ1) is 26.6. The number of hydrogen-bond donors (Lipinski definition) is 1. The molecule has 0 radical (unpaired) electrons. The van der Waals surface area contributed by atoms with E-state index in [1.807, 2.05) is 69.8 Å². The molecule has 0 saturated heterocycles. The summed E-state index contributed by atoms with van der Waals surface area (Å²) in [5.74, 6) is 1.46. The molecule has 2 atom stereocenters. The summed E-state index contributed by atoms with van der Waals surface area (Å²) in [6.45, 7) is 14.8. The summed E-state index contributed by atoms with van der Waals surface area (Å²) in [5.41, 5.74) is 5.81. The monoisotopic (exact) mass is 461 g/mol. The van der Waals surface area contributed by atoms with E-state index in [-0.39, 0.29) is 0 Å². The van der Waals surface area contributed by atoms with Crippen molar-refractivity contribution in [2.45, 2.75) is 60.1 Å². The zero-order valence-electron chi connectivity index (χ0n) is 21.2. The molecular formula is C30H39NOS. The molecule has 176 valence electrons. The standard InChI is InChI=1S/C26H27NOS.2C2H6/c1-4-18(2)19(3)29-26(28-20-12-6-5-7-13-20)25-23-16-9-8-14-21(23)22-15-10-11-17-24(22)27-25;2*1-2/h5-19,27H,4H2,1-3H3;2*1-2H3/b26-25-;;. The second kappa shape index (κ2) is 13.8. The summed E-state index contributed by atoms with van der Waals surface area (Å²) in [7, 11) is 0. The van der Waals surface area contributed by atoms with Crippen LogP contribution in [0.4, 0.5) is 5.69 Å². The molecule has 33 heavy (non-hydrogen) atoms. The minimum absolute atomic E-state index is 0.442. The molecule has 4 rings (SSSR count). The van der Waals surface area contributed by atoms with Crippen LogP contribution in [0.25, 0.3) is 16.8 Å². The first-order valence-corrected chi connectivity index (χ1v) is 13.1. The lowest BCUT2D eigenvalue weighted by Gasteiger charge is -2.28. The van der Waals surface area contributed by atoms with Crippen LogP contribution in [0.1, 0.15) is 60.5 Å². The molecule has 0 aromatic heterocycles. The van der Waals surface area contributed by atoms with Crippen molar-refractivity contribution in [3.63, 3.8) is 0 Å². The van der Waals surface area contributed by atoms with Gasteiger partial charge < -0.3 is 10.1 Å². The van der Waals surface area contributed by atoms with E-state index in [2.05, 4.69) is 74.6 Å². The van der Waals surface area contributed by atoms with Gasteiger partial charge in [-0.25, -0.2) is 0 Å². The molecule has 0 aliphatic carbocycles. The van der Waals surface area contributed by atoms with Crippen LogP contribution in [0, 0.1) is 5.92 Å². The molecule has 1 aliphatic heterocycles. The average Bonchev–Trinajstić information content (AvgIpc) is 2.90. The number of fused-ring (bicyclic) bond motifs is 3. The summed E-state index contributed by atoms with van der Waals surface area (Å²) in [4.78, 5) is 0. The quantitative estimate of drug-likeness (QED) is 0.369. The molecule has 2 unspecified atom stereocenters. The molecule has 1 heterocycles. The lowest BCUT2D eigenvalue weighted by molar-refractivity contribution is 0.464. The molecule has 3 heteroatoms. The molecule has 0 saturated carbocycles. The fraction of sp³-hybridized carbons (Fsp3) is 0.333. The number of anilines is 1. The van der Waals surface area contributed by atoms with E-state index in [0.717, 1.165) is 28.6 Å². The second-order valence-corrected chi connectivity index (χ2v) is 8.85. The molecule has 0 bridgehead atoms. The van der Waals surface area contributed by atoms with Gasteiger partial charge in [0.1, 0.15) is 5.75 Å². The van der Waals surface area contributed by atoms with Gasteiger partial charge in [0.2, 0.25) is 0 Å². The Bertz CT molecular complexity index is 1010. The van der Waals surface area contributed by atoms with Crippen LogP contribution in [0.2, 0.25) is 0 Å². The average molecular weight is 462 g/mol. The SMILES string of the molecule is CC.CC.CCC(C)C(C)S/C(Oc1ccccc1)=C1\Nc2ccccc2-c2ccccc21. The highest BCUT2D eigenvalue weighted by molar-refractivity contribution is 8.03. The van der Waals surface area contributed by atoms with Gasteiger partial charge in [-0.2, -0.15) is 0 Å². The Labute approximate surface area is 205 Å². The Morgan fingerprint density at radius 1 is 0.758 bits per heavy atom. The molecule has 1 N–H and O–H groups in total. The summed E-state index contributed by atoms with van der Waals surface area (Å²) in [5, 5.41) is 5.03. The second-order valence-electron chi connectivity index (χ2n) is 7.50. The van der Waals surface area contributed by atoms with Crippen molar-refractivity contribution in [2.75, 3.05) is 5.32 Å². The predicted octanol–water partition coefficient (Wildman–Crippen LogP) is 9.70. The zero-order valence-corrected chi connectivity index (χ0v) is 22.0. The van der Waals surface area contributed by atoms with Gasteiger partial charge in [0, 0.05) is 22.1 Å². The van der Waals surface area contributed by atoms with Gasteiger partial charge in [-0.05, 0) is 29.7 Å². The third-order valence-corrected chi connectivity index (χ3v) is 6.91. The molecule has 1 aliphatic rings. The van der Waals surface area contributed by atoms with E-state index in [0.29, 0.717) is 11.2 Å².